The van der Waals surface area contributed by atoms with Crippen LogP contribution in [0.3, 0.4) is 0 Å². The average molecular weight is 443 g/mol. The van der Waals surface area contributed by atoms with Gasteiger partial charge < -0.3 is 26.8 Å². The highest BCUT2D eigenvalue weighted by Crippen LogP contribution is 2.25. The summed E-state index contributed by atoms with van der Waals surface area (Å²) in [5.41, 5.74) is 8.98. The summed E-state index contributed by atoms with van der Waals surface area (Å²) in [6, 6.07) is 13.9. The average Bonchev–Trinajstić information content (AvgIpc) is 3.23. The Hall–Kier alpha value is -3.98. The quantitative estimate of drug-likeness (QED) is 0.290. The predicted octanol–water partition coefficient (Wildman–Crippen LogP) is 3.68. The van der Waals surface area contributed by atoms with Crippen LogP contribution in [0.4, 0.5) is 29.0 Å². The summed E-state index contributed by atoms with van der Waals surface area (Å²) in [5, 5.41) is 21.0. The van der Waals surface area contributed by atoms with Crippen LogP contribution >= 0.6 is 0 Å². The van der Waals surface area contributed by atoms with Crippen LogP contribution in [0.15, 0.2) is 61.1 Å². The van der Waals surface area contributed by atoms with Crippen LogP contribution in [0.2, 0.25) is 0 Å². The van der Waals surface area contributed by atoms with Crippen LogP contribution in [0.5, 0.6) is 0 Å². The number of hydrogen-bond donors (Lipinski definition) is 5. The van der Waals surface area contributed by atoms with Crippen LogP contribution in [-0.2, 0) is 6.54 Å². The third-order valence-electron chi connectivity index (χ3n) is 5.78. The molecule has 9 nitrogen and oxygen atoms in total. The monoisotopic (exact) mass is 442 g/mol. The summed E-state index contributed by atoms with van der Waals surface area (Å²) in [5.74, 6) is 1.97. The van der Waals surface area contributed by atoms with Gasteiger partial charge in [-0.1, -0.05) is 12.1 Å². The third kappa shape index (κ3) is 4.93. The molecule has 0 spiro atoms. The van der Waals surface area contributed by atoms with Crippen LogP contribution in [0.25, 0.3) is 10.9 Å². The molecular weight excluding hydrogens is 416 g/mol. The van der Waals surface area contributed by atoms with Gasteiger partial charge in [0.05, 0.1) is 23.9 Å². The molecule has 1 saturated carbocycles. The van der Waals surface area contributed by atoms with E-state index in [9.17, 15) is 5.11 Å². The molecule has 6 N–H and O–H groups in total. The summed E-state index contributed by atoms with van der Waals surface area (Å²) in [4.78, 5) is 17.5. The second kappa shape index (κ2) is 9.25. The Bertz CT molecular complexity index is 1260. The van der Waals surface area contributed by atoms with Crippen molar-refractivity contribution in [2.75, 3.05) is 21.7 Å². The molecular formula is C24H26N8O. The molecule has 0 saturated heterocycles. The lowest BCUT2D eigenvalue weighted by Crippen LogP contribution is -2.27. The van der Waals surface area contributed by atoms with Crippen LogP contribution in [0.1, 0.15) is 24.8 Å². The Balaban J connectivity index is 1.27. The van der Waals surface area contributed by atoms with Crippen LogP contribution in [0, 0.1) is 0 Å². The van der Waals surface area contributed by atoms with Gasteiger partial charge >= 0.3 is 0 Å². The lowest BCUT2D eigenvalue weighted by atomic mass is 10.1. The molecule has 33 heavy (non-hydrogen) atoms. The number of rotatable bonds is 7. The summed E-state index contributed by atoms with van der Waals surface area (Å²) in [6.07, 6.45) is 7.58. The highest BCUT2D eigenvalue weighted by atomic mass is 16.3. The van der Waals surface area contributed by atoms with Crippen molar-refractivity contribution in [3.63, 3.8) is 0 Å². The number of fused-ring (bicyclic) bond motifs is 1. The first-order chi connectivity index (χ1) is 16.1. The minimum absolute atomic E-state index is 0.0678. The van der Waals surface area contributed by atoms with Gasteiger partial charge in [0.25, 0.3) is 0 Å². The maximum atomic E-state index is 10.1. The van der Waals surface area contributed by atoms with Gasteiger partial charge in [-0.05, 0) is 49.1 Å². The molecule has 1 aromatic carbocycles. The first kappa shape index (κ1) is 20.9. The molecule has 1 fully saturated rings. The molecule has 0 amide bonds. The number of anilines is 5. The summed E-state index contributed by atoms with van der Waals surface area (Å²) in [6.45, 7) is 0.550. The Labute approximate surface area is 191 Å². The number of nitrogens with zero attached hydrogens (tertiary/aromatic N) is 4. The van der Waals surface area contributed by atoms with Gasteiger partial charge in [-0.3, -0.25) is 4.98 Å². The molecule has 0 aliphatic heterocycles. The Morgan fingerprint density at radius 1 is 1.00 bits per heavy atom. The first-order valence-corrected chi connectivity index (χ1v) is 11.0. The molecule has 2 atom stereocenters. The molecule has 0 unspecified atom stereocenters. The molecule has 168 valence electrons. The summed E-state index contributed by atoms with van der Waals surface area (Å²) < 4.78 is 0. The largest absolute Gasteiger partial charge is 0.391 e. The minimum atomic E-state index is -0.315. The lowest BCUT2D eigenvalue weighted by molar-refractivity contribution is 0.172. The van der Waals surface area contributed by atoms with Crippen molar-refractivity contribution in [2.24, 2.45) is 0 Å². The molecule has 9 heteroatoms. The maximum Gasteiger partial charge on any atom is 0.171 e. The van der Waals surface area contributed by atoms with Crippen molar-refractivity contribution in [1.82, 2.24) is 19.9 Å². The lowest BCUT2D eigenvalue weighted by Gasteiger charge is -2.18. The fourth-order valence-electron chi connectivity index (χ4n) is 4.05. The molecule has 1 aliphatic rings. The highest BCUT2D eigenvalue weighted by molar-refractivity contribution is 5.79. The van der Waals surface area contributed by atoms with Gasteiger partial charge in [0.15, 0.2) is 17.5 Å². The zero-order chi connectivity index (χ0) is 22.6. The number of benzene rings is 1. The van der Waals surface area contributed by atoms with E-state index in [2.05, 4.69) is 42.0 Å². The smallest absolute Gasteiger partial charge is 0.171 e. The van der Waals surface area contributed by atoms with Gasteiger partial charge in [0.1, 0.15) is 5.82 Å². The Kier molecular flexibility index (Phi) is 5.86. The van der Waals surface area contributed by atoms with E-state index >= 15 is 0 Å². The molecule has 4 aromatic rings. The highest BCUT2D eigenvalue weighted by Gasteiger charge is 2.24. The topological polar surface area (TPSA) is 134 Å². The van der Waals surface area contributed by atoms with E-state index in [4.69, 9.17) is 5.73 Å². The standard InChI is InChI=1S/C24H26N8O/c25-23-24(29-13-15-6-7-18-16(11-15)3-2-9-26-18)32-22(14-28-23)31-21-12-17(8-10-27-21)30-19-4-1-5-20(19)33/h2-3,6-12,14,19-20,33H,1,4-5,13H2,(H2,25,28)(H3,27,29,30,31,32)/t19-,20-/m1/s1. The fraction of sp³-hybridized carbons (Fsp3) is 0.250. The first-order valence-electron chi connectivity index (χ1n) is 11.0. The number of aromatic nitrogens is 4. The molecule has 3 heterocycles. The van der Waals surface area contributed by atoms with E-state index in [0.717, 1.165) is 41.4 Å². The molecule has 0 bridgehead atoms. The summed E-state index contributed by atoms with van der Waals surface area (Å²) >= 11 is 0. The SMILES string of the molecule is Nc1ncc(Nc2cc(N[C@@H]3CCC[C@H]3O)ccn2)nc1NCc1ccc2ncccc2c1. The minimum Gasteiger partial charge on any atom is -0.391 e. The van der Waals surface area contributed by atoms with Crippen molar-refractivity contribution in [3.05, 3.63) is 66.6 Å². The zero-order valence-corrected chi connectivity index (χ0v) is 18.1. The van der Waals surface area contributed by atoms with Gasteiger partial charge in [0, 0.05) is 36.1 Å². The number of nitrogen functional groups attached to an aromatic ring is 1. The van der Waals surface area contributed by atoms with E-state index in [-0.39, 0.29) is 12.1 Å². The van der Waals surface area contributed by atoms with Gasteiger partial charge in [0.2, 0.25) is 0 Å². The maximum absolute atomic E-state index is 10.1. The molecule has 5 rings (SSSR count). The number of nitrogens with one attached hydrogen (secondary N) is 3. The van der Waals surface area contributed by atoms with Crippen molar-refractivity contribution < 1.29 is 5.11 Å². The predicted molar refractivity (Wildman–Crippen MR) is 130 cm³/mol. The van der Waals surface area contributed by atoms with Gasteiger partial charge in [-0.25, -0.2) is 15.0 Å². The second-order valence-electron chi connectivity index (χ2n) is 8.18. The van der Waals surface area contributed by atoms with Gasteiger partial charge in [-0.2, -0.15) is 0 Å². The molecule has 1 aliphatic carbocycles. The van der Waals surface area contributed by atoms with E-state index in [0.29, 0.717) is 29.8 Å². The number of aliphatic hydroxyl groups excluding tert-OH is 1. The number of hydrogen-bond acceptors (Lipinski definition) is 9. The van der Waals surface area contributed by atoms with E-state index in [1.165, 1.54) is 0 Å². The van der Waals surface area contributed by atoms with Crippen LogP contribution < -0.4 is 21.7 Å². The second-order valence-corrected chi connectivity index (χ2v) is 8.18. The van der Waals surface area contributed by atoms with Crippen molar-refractivity contribution in [3.8, 4) is 0 Å². The summed E-state index contributed by atoms with van der Waals surface area (Å²) in [7, 11) is 0. The molecule has 0 radical (unpaired) electrons. The van der Waals surface area contributed by atoms with Crippen LogP contribution in [-0.4, -0.2) is 37.2 Å². The number of nitrogens with two attached hydrogens (primary N) is 1. The number of aliphatic hydroxyl groups is 1. The van der Waals surface area contributed by atoms with E-state index in [1.54, 1.807) is 18.6 Å². The Morgan fingerprint density at radius 3 is 2.82 bits per heavy atom. The third-order valence-corrected chi connectivity index (χ3v) is 5.78. The van der Waals surface area contributed by atoms with Crippen molar-refractivity contribution in [1.29, 1.82) is 0 Å². The van der Waals surface area contributed by atoms with E-state index in [1.807, 2.05) is 36.4 Å². The fourth-order valence-corrected chi connectivity index (χ4v) is 4.05. The van der Waals surface area contributed by atoms with Crippen molar-refractivity contribution in [2.45, 2.75) is 38.0 Å². The van der Waals surface area contributed by atoms with E-state index < -0.39 is 0 Å². The normalized spacial score (nSPS) is 17.7. The number of pyridine rings is 2. The van der Waals surface area contributed by atoms with Gasteiger partial charge in [-0.15, -0.1) is 0 Å². The van der Waals surface area contributed by atoms with Crippen molar-refractivity contribution >= 4 is 39.9 Å². The zero-order valence-electron chi connectivity index (χ0n) is 18.1. The Morgan fingerprint density at radius 2 is 1.94 bits per heavy atom. The molecule has 3 aromatic heterocycles.